The van der Waals surface area contributed by atoms with E-state index in [4.69, 9.17) is 0 Å². The van der Waals surface area contributed by atoms with E-state index in [0.717, 1.165) is 40.9 Å². The van der Waals surface area contributed by atoms with Crippen molar-refractivity contribution in [3.05, 3.63) is 47.9 Å². The summed E-state index contributed by atoms with van der Waals surface area (Å²) < 4.78 is 25.7. The van der Waals surface area contributed by atoms with Gasteiger partial charge in [-0.25, -0.2) is 18.4 Å². The Labute approximate surface area is 139 Å². The van der Waals surface area contributed by atoms with E-state index in [9.17, 15) is 8.42 Å². The third kappa shape index (κ3) is 2.69. The lowest BCUT2D eigenvalue weighted by Crippen LogP contribution is -2.32. The van der Waals surface area contributed by atoms with Crippen LogP contribution < -0.4 is 9.62 Å². The first-order valence-corrected chi connectivity index (χ1v) is 9.52. The van der Waals surface area contributed by atoms with Gasteiger partial charge in [0, 0.05) is 19.3 Å². The van der Waals surface area contributed by atoms with Gasteiger partial charge in [0.25, 0.3) is 0 Å². The van der Waals surface area contributed by atoms with E-state index in [1.165, 1.54) is 6.26 Å². The molecule has 1 aliphatic heterocycles. The number of fused-ring (bicyclic) bond motifs is 2. The quantitative estimate of drug-likeness (QED) is 0.758. The smallest absolute Gasteiger partial charge is 0.229 e. The molecule has 2 aromatic heterocycles. The molecule has 0 saturated carbocycles. The van der Waals surface area contributed by atoms with Crippen molar-refractivity contribution in [2.75, 3.05) is 22.4 Å². The molecule has 4 rings (SSSR count). The molecule has 0 saturated heterocycles. The topological polar surface area (TPSA) is 91.0 Å². The molecule has 124 valence electrons. The fraction of sp³-hybridized carbons (Fsp3) is 0.250. The Morgan fingerprint density at radius 3 is 2.96 bits per heavy atom. The van der Waals surface area contributed by atoms with Crippen molar-refractivity contribution in [2.24, 2.45) is 0 Å². The predicted octanol–water partition coefficient (Wildman–Crippen LogP) is 1.89. The second-order valence-corrected chi connectivity index (χ2v) is 7.67. The van der Waals surface area contributed by atoms with E-state index in [-0.39, 0.29) is 0 Å². The normalized spacial score (nSPS) is 14.6. The van der Waals surface area contributed by atoms with Gasteiger partial charge in [0.2, 0.25) is 10.0 Å². The summed E-state index contributed by atoms with van der Waals surface area (Å²) in [6.45, 7) is 1.43. The van der Waals surface area contributed by atoms with E-state index in [0.29, 0.717) is 12.2 Å². The molecule has 0 unspecified atom stereocenters. The maximum absolute atomic E-state index is 11.5. The van der Waals surface area contributed by atoms with Crippen LogP contribution >= 0.6 is 0 Å². The number of imidazole rings is 1. The summed E-state index contributed by atoms with van der Waals surface area (Å²) in [5, 5.41) is 0. The van der Waals surface area contributed by atoms with Crippen molar-refractivity contribution in [3.63, 3.8) is 0 Å². The zero-order chi connectivity index (χ0) is 16.7. The second-order valence-electron chi connectivity index (χ2n) is 5.92. The van der Waals surface area contributed by atoms with Gasteiger partial charge in [0.15, 0.2) is 5.82 Å². The number of H-pyrrole nitrogens is 1. The number of hydrogen-bond acceptors (Lipinski definition) is 5. The lowest BCUT2D eigenvalue weighted by atomic mass is 9.98. The highest BCUT2D eigenvalue weighted by atomic mass is 32.2. The van der Waals surface area contributed by atoms with Crippen molar-refractivity contribution in [1.29, 1.82) is 0 Å². The molecule has 1 aliphatic rings. The van der Waals surface area contributed by atoms with Gasteiger partial charge in [-0.05, 0) is 29.7 Å². The number of nitrogens with zero attached hydrogens (tertiary/aromatic N) is 3. The molecule has 0 spiro atoms. The molecule has 2 N–H and O–H groups in total. The summed E-state index contributed by atoms with van der Waals surface area (Å²) in [7, 11) is -3.29. The summed E-state index contributed by atoms with van der Waals surface area (Å²) >= 11 is 0. The number of benzene rings is 1. The molecule has 0 aliphatic carbocycles. The minimum atomic E-state index is -3.29. The van der Waals surface area contributed by atoms with Crippen LogP contribution in [-0.2, 0) is 23.0 Å². The fourth-order valence-electron chi connectivity index (χ4n) is 3.17. The number of anilines is 2. The van der Waals surface area contributed by atoms with Crippen LogP contribution in [0.1, 0.15) is 11.1 Å². The van der Waals surface area contributed by atoms with E-state index in [1.807, 2.05) is 24.3 Å². The Hall–Kier alpha value is -2.61. The molecule has 1 aromatic carbocycles. The molecule has 3 heterocycles. The van der Waals surface area contributed by atoms with Gasteiger partial charge in [0.05, 0.1) is 23.8 Å². The molecule has 7 nitrogen and oxygen atoms in total. The Balaban J connectivity index is 1.70. The van der Waals surface area contributed by atoms with Crippen LogP contribution in [0.4, 0.5) is 11.5 Å². The van der Waals surface area contributed by atoms with Gasteiger partial charge in [-0.2, -0.15) is 0 Å². The largest absolute Gasteiger partial charge is 0.350 e. The summed E-state index contributed by atoms with van der Waals surface area (Å²) in [6, 6.07) is 7.61. The van der Waals surface area contributed by atoms with Crippen LogP contribution in [0.3, 0.4) is 0 Å². The molecular weight excluding hydrogens is 326 g/mol. The molecule has 0 fully saturated rings. The predicted molar refractivity (Wildman–Crippen MR) is 93.6 cm³/mol. The van der Waals surface area contributed by atoms with Gasteiger partial charge >= 0.3 is 0 Å². The van der Waals surface area contributed by atoms with Gasteiger partial charge in [-0.1, -0.05) is 12.1 Å². The number of sulfonamides is 1. The number of aromatic amines is 1. The highest BCUT2D eigenvalue weighted by Crippen LogP contribution is 2.31. The van der Waals surface area contributed by atoms with E-state index in [2.05, 4.69) is 24.6 Å². The first-order valence-electron chi connectivity index (χ1n) is 7.63. The molecule has 24 heavy (non-hydrogen) atoms. The summed E-state index contributed by atoms with van der Waals surface area (Å²) in [6.07, 6.45) is 5.36. The number of rotatable bonds is 3. The average molecular weight is 343 g/mol. The average Bonchev–Trinajstić information content (AvgIpc) is 3.02. The zero-order valence-corrected chi connectivity index (χ0v) is 14.0. The lowest BCUT2D eigenvalue weighted by Gasteiger charge is -2.31. The van der Waals surface area contributed by atoms with Crippen molar-refractivity contribution >= 4 is 32.6 Å². The second kappa shape index (κ2) is 5.48. The Morgan fingerprint density at radius 2 is 2.12 bits per heavy atom. The van der Waals surface area contributed by atoms with Crippen LogP contribution in [0.5, 0.6) is 0 Å². The van der Waals surface area contributed by atoms with Crippen LogP contribution in [0.2, 0.25) is 0 Å². The molecule has 0 radical (unpaired) electrons. The van der Waals surface area contributed by atoms with Crippen LogP contribution in [-0.4, -0.2) is 36.2 Å². The Bertz CT molecular complexity index is 1010. The van der Waals surface area contributed by atoms with Crippen molar-refractivity contribution < 1.29 is 8.42 Å². The maximum Gasteiger partial charge on any atom is 0.229 e. The minimum absolute atomic E-state index is 0.667. The number of nitrogens with one attached hydrogen (secondary N) is 2. The molecular formula is C16H17N5O2S. The summed E-state index contributed by atoms with van der Waals surface area (Å²) in [5.41, 5.74) is 4.63. The zero-order valence-electron chi connectivity index (χ0n) is 13.2. The molecule has 0 atom stereocenters. The highest BCUT2D eigenvalue weighted by Gasteiger charge is 2.22. The van der Waals surface area contributed by atoms with E-state index in [1.54, 1.807) is 12.5 Å². The SMILES string of the molecule is CS(=O)(=O)Nc1cccc2c1CCN(c1nccc3[nH]cnc13)C2. The fourth-order valence-corrected chi connectivity index (χ4v) is 3.76. The van der Waals surface area contributed by atoms with Crippen LogP contribution in [0.25, 0.3) is 11.0 Å². The van der Waals surface area contributed by atoms with Gasteiger partial charge < -0.3 is 9.88 Å². The number of hydrogen-bond donors (Lipinski definition) is 2. The van der Waals surface area contributed by atoms with Crippen LogP contribution in [0.15, 0.2) is 36.8 Å². The summed E-state index contributed by atoms with van der Waals surface area (Å²) in [4.78, 5) is 14.1. The van der Waals surface area contributed by atoms with Gasteiger partial charge in [-0.15, -0.1) is 0 Å². The molecule has 8 heteroatoms. The monoisotopic (exact) mass is 343 g/mol. The number of aromatic nitrogens is 3. The third-order valence-corrected chi connectivity index (χ3v) is 4.77. The standard InChI is InChI=1S/C16H17N5O2S/c1-24(22,23)20-13-4-2-3-11-9-21(8-6-12(11)13)16-15-14(5-7-17-16)18-10-19-15/h2-5,7,10,20H,6,8-9H2,1H3,(H,18,19). The van der Waals surface area contributed by atoms with Crippen LogP contribution in [0, 0.1) is 0 Å². The van der Waals surface area contributed by atoms with E-state index >= 15 is 0 Å². The Morgan fingerprint density at radius 1 is 1.25 bits per heavy atom. The first kappa shape index (κ1) is 14.9. The van der Waals surface area contributed by atoms with Gasteiger partial charge in [-0.3, -0.25) is 4.72 Å². The molecule has 0 amide bonds. The highest BCUT2D eigenvalue weighted by molar-refractivity contribution is 7.92. The van der Waals surface area contributed by atoms with Crippen molar-refractivity contribution in [2.45, 2.75) is 13.0 Å². The van der Waals surface area contributed by atoms with Gasteiger partial charge in [0.1, 0.15) is 5.52 Å². The lowest BCUT2D eigenvalue weighted by molar-refractivity contribution is 0.606. The Kier molecular flexibility index (Phi) is 3.42. The molecule has 3 aromatic rings. The third-order valence-electron chi connectivity index (χ3n) is 4.18. The van der Waals surface area contributed by atoms with E-state index < -0.39 is 10.0 Å². The molecule has 0 bridgehead atoms. The number of pyridine rings is 1. The maximum atomic E-state index is 11.5. The summed E-state index contributed by atoms with van der Waals surface area (Å²) in [5.74, 6) is 0.848. The van der Waals surface area contributed by atoms with Crippen molar-refractivity contribution in [3.8, 4) is 0 Å². The first-order chi connectivity index (χ1) is 11.5. The van der Waals surface area contributed by atoms with Crippen molar-refractivity contribution in [1.82, 2.24) is 15.0 Å². The minimum Gasteiger partial charge on any atom is -0.350 e.